The number of likely N-dealkylation sites (N-methyl/N-ethyl adjacent to an activating group) is 1. The van der Waals surface area contributed by atoms with Crippen molar-refractivity contribution in [3.05, 3.63) is 0 Å². The minimum Gasteiger partial charge on any atom is -0.352 e. The minimum absolute atomic E-state index is 0. The Morgan fingerprint density at radius 2 is 2.00 bits per heavy atom. The number of amides is 1. The molecule has 0 aliphatic heterocycles. The lowest BCUT2D eigenvalue weighted by Crippen LogP contribution is -2.47. The van der Waals surface area contributed by atoms with Gasteiger partial charge < -0.3 is 16.0 Å². The molecule has 4 nitrogen and oxygen atoms in total. The maximum atomic E-state index is 11.6. The standard InChI is InChI=1S/C11H23N3O.ClH/c1-14(2)8-11(15)13-10-6-4-3-5-9(10)7-12;/h9-10H,3-8,12H2,1-2H3,(H,13,15);1H. The van der Waals surface area contributed by atoms with E-state index in [-0.39, 0.29) is 18.3 Å². The predicted molar refractivity (Wildman–Crippen MR) is 68.7 cm³/mol. The zero-order chi connectivity index (χ0) is 11.3. The number of rotatable bonds is 4. The summed E-state index contributed by atoms with van der Waals surface area (Å²) in [6.07, 6.45) is 4.70. The Kier molecular flexibility index (Phi) is 7.72. The third-order valence-corrected chi connectivity index (χ3v) is 3.02. The Balaban J connectivity index is 0.00000225. The molecular formula is C11H24ClN3O. The summed E-state index contributed by atoms with van der Waals surface area (Å²) in [4.78, 5) is 13.5. The van der Waals surface area contributed by atoms with Gasteiger partial charge in [0.1, 0.15) is 0 Å². The van der Waals surface area contributed by atoms with Gasteiger partial charge in [-0.3, -0.25) is 4.79 Å². The van der Waals surface area contributed by atoms with E-state index >= 15 is 0 Å². The summed E-state index contributed by atoms with van der Waals surface area (Å²) < 4.78 is 0. The van der Waals surface area contributed by atoms with Crippen molar-refractivity contribution in [3.63, 3.8) is 0 Å². The van der Waals surface area contributed by atoms with Gasteiger partial charge in [0.2, 0.25) is 5.91 Å². The number of carbonyl (C=O) groups is 1. The van der Waals surface area contributed by atoms with E-state index in [9.17, 15) is 4.79 Å². The fraction of sp³-hybridized carbons (Fsp3) is 0.909. The van der Waals surface area contributed by atoms with Gasteiger partial charge in [0, 0.05) is 6.04 Å². The summed E-state index contributed by atoms with van der Waals surface area (Å²) >= 11 is 0. The lowest BCUT2D eigenvalue weighted by Gasteiger charge is -2.31. The molecule has 96 valence electrons. The van der Waals surface area contributed by atoms with Gasteiger partial charge in [-0.15, -0.1) is 12.4 Å². The van der Waals surface area contributed by atoms with Gasteiger partial charge in [-0.25, -0.2) is 0 Å². The van der Waals surface area contributed by atoms with Crippen LogP contribution in [0.15, 0.2) is 0 Å². The van der Waals surface area contributed by atoms with E-state index in [1.807, 2.05) is 19.0 Å². The molecule has 5 heteroatoms. The Morgan fingerprint density at radius 1 is 1.38 bits per heavy atom. The molecule has 16 heavy (non-hydrogen) atoms. The summed E-state index contributed by atoms with van der Waals surface area (Å²) in [6, 6.07) is 0.302. The quantitative estimate of drug-likeness (QED) is 0.767. The molecule has 0 bridgehead atoms. The zero-order valence-electron chi connectivity index (χ0n) is 10.2. The topological polar surface area (TPSA) is 58.4 Å². The molecule has 1 aliphatic rings. The Morgan fingerprint density at radius 3 is 2.56 bits per heavy atom. The van der Waals surface area contributed by atoms with Gasteiger partial charge in [-0.1, -0.05) is 12.8 Å². The van der Waals surface area contributed by atoms with E-state index < -0.39 is 0 Å². The van der Waals surface area contributed by atoms with Crippen molar-refractivity contribution >= 4 is 18.3 Å². The molecule has 0 aromatic carbocycles. The average molecular weight is 250 g/mol. The van der Waals surface area contributed by atoms with Gasteiger partial charge >= 0.3 is 0 Å². The van der Waals surface area contributed by atoms with E-state index in [2.05, 4.69) is 5.32 Å². The number of hydrogen-bond donors (Lipinski definition) is 2. The van der Waals surface area contributed by atoms with Gasteiger partial charge in [0.05, 0.1) is 6.54 Å². The molecule has 3 N–H and O–H groups in total. The molecule has 1 amide bonds. The first-order valence-electron chi connectivity index (χ1n) is 5.77. The highest BCUT2D eigenvalue weighted by Crippen LogP contribution is 2.23. The summed E-state index contributed by atoms with van der Waals surface area (Å²) in [5, 5.41) is 3.09. The maximum Gasteiger partial charge on any atom is 0.234 e. The second kappa shape index (κ2) is 7.87. The van der Waals surface area contributed by atoms with Crippen LogP contribution in [-0.2, 0) is 4.79 Å². The summed E-state index contributed by atoms with van der Waals surface area (Å²) in [6.45, 7) is 1.15. The van der Waals surface area contributed by atoms with Crippen LogP contribution in [0.1, 0.15) is 25.7 Å². The van der Waals surface area contributed by atoms with Crippen LogP contribution >= 0.6 is 12.4 Å². The van der Waals surface area contributed by atoms with Gasteiger partial charge in [-0.05, 0) is 39.4 Å². The predicted octanol–water partition coefficient (Wildman–Crippen LogP) is 0.603. The molecule has 0 spiro atoms. The molecule has 1 saturated carbocycles. The van der Waals surface area contributed by atoms with Crippen molar-refractivity contribution in [1.29, 1.82) is 0 Å². The van der Waals surface area contributed by atoms with Crippen molar-refractivity contribution in [2.45, 2.75) is 31.7 Å². The van der Waals surface area contributed by atoms with Gasteiger partial charge in [0.15, 0.2) is 0 Å². The monoisotopic (exact) mass is 249 g/mol. The van der Waals surface area contributed by atoms with Gasteiger partial charge in [0.25, 0.3) is 0 Å². The second-order valence-electron chi connectivity index (χ2n) is 4.69. The number of nitrogens with one attached hydrogen (secondary N) is 1. The first-order chi connectivity index (χ1) is 7.13. The number of halogens is 1. The largest absolute Gasteiger partial charge is 0.352 e. The smallest absolute Gasteiger partial charge is 0.234 e. The molecular weight excluding hydrogens is 226 g/mol. The van der Waals surface area contributed by atoms with Gasteiger partial charge in [-0.2, -0.15) is 0 Å². The highest BCUT2D eigenvalue weighted by atomic mass is 35.5. The lowest BCUT2D eigenvalue weighted by molar-refractivity contribution is -0.123. The highest BCUT2D eigenvalue weighted by molar-refractivity contribution is 5.85. The average Bonchev–Trinajstić information content (AvgIpc) is 2.17. The minimum atomic E-state index is 0. The summed E-state index contributed by atoms with van der Waals surface area (Å²) in [5.41, 5.74) is 5.71. The van der Waals surface area contributed by atoms with Crippen molar-refractivity contribution in [2.24, 2.45) is 11.7 Å². The third kappa shape index (κ3) is 5.14. The molecule has 0 aromatic heterocycles. The van der Waals surface area contributed by atoms with Crippen LogP contribution in [0.5, 0.6) is 0 Å². The molecule has 2 unspecified atom stereocenters. The van der Waals surface area contributed by atoms with Crippen LogP contribution in [0.2, 0.25) is 0 Å². The van der Waals surface area contributed by atoms with Crippen molar-refractivity contribution in [1.82, 2.24) is 10.2 Å². The molecule has 1 rings (SSSR count). The SMILES string of the molecule is CN(C)CC(=O)NC1CCCCC1CN.Cl. The van der Waals surface area contributed by atoms with Crippen molar-refractivity contribution in [3.8, 4) is 0 Å². The normalized spacial score (nSPS) is 25.0. The molecule has 1 aliphatic carbocycles. The molecule has 0 heterocycles. The molecule has 0 aromatic rings. The van der Waals surface area contributed by atoms with Crippen LogP contribution in [0.4, 0.5) is 0 Å². The lowest BCUT2D eigenvalue weighted by atomic mass is 9.84. The molecule has 1 fully saturated rings. The van der Waals surface area contributed by atoms with E-state index in [0.29, 0.717) is 25.0 Å². The number of hydrogen-bond acceptors (Lipinski definition) is 3. The Hall–Kier alpha value is -0.320. The number of carbonyl (C=O) groups excluding carboxylic acids is 1. The van der Waals surface area contributed by atoms with E-state index in [1.54, 1.807) is 0 Å². The van der Waals surface area contributed by atoms with Crippen LogP contribution < -0.4 is 11.1 Å². The zero-order valence-corrected chi connectivity index (χ0v) is 11.1. The highest BCUT2D eigenvalue weighted by Gasteiger charge is 2.25. The van der Waals surface area contributed by atoms with Crippen LogP contribution in [0.25, 0.3) is 0 Å². The fourth-order valence-electron chi connectivity index (χ4n) is 2.22. The molecule has 0 saturated heterocycles. The Labute approximate surface area is 104 Å². The Bertz CT molecular complexity index is 211. The van der Waals surface area contributed by atoms with E-state index in [0.717, 1.165) is 12.8 Å². The molecule has 2 atom stereocenters. The van der Waals surface area contributed by atoms with Crippen LogP contribution in [0, 0.1) is 5.92 Å². The number of nitrogens with two attached hydrogens (primary N) is 1. The fourth-order valence-corrected chi connectivity index (χ4v) is 2.22. The second-order valence-corrected chi connectivity index (χ2v) is 4.69. The summed E-state index contributed by atoms with van der Waals surface area (Å²) in [5.74, 6) is 0.593. The molecule has 0 radical (unpaired) electrons. The first kappa shape index (κ1) is 15.7. The van der Waals surface area contributed by atoms with Crippen molar-refractivity contribution in [2.75, 3.05) is 27.2 Å². The van der Waals surface area contributed by atoms with Crippen LogP contribution in [-0.4, -0.2) is 44.0 Å². The number of nitrogens with zero attached hydrogens (tertiary/aromatic N) is 1. The maximum absolute atomic E-state index is 11.6. The third-order valence-electron chi connectivity index (χ3n) is 3.02. The first-order valence-corrected chi connectivity index (χ1v) is 5.77. The van der Waals surface area contributed by atoms with Crippen LogP contribution in [0.3, 0.4) is 0 Å². The van der Waals surface area contributed by atoms with Crippen molar-refractivity contribution < 1.29 is 4.79 Å². The van der Waals surface area contributed by atoms with E-state index in [1.165, 1.54) is 12.8 Å². The summed E-state index contributed by atoms with van der Waals surface area (Å²) in [7, 11) is 3.81. The van der Waals surface area contributed by atoms with E-state index in [4.69, 9.17) is 5.73 Å².